The van der Waals surface area contributed by atoms with Crippen molar-refractivity contribution in [3.05, 3.63) is 35.5 Å². The molecule has 0 saturated heterocycles. The third-order valence-electron chi connectivity index (χ3n) is 3.04. The number of benzene rings is 1. The number of anilines is 1. The number of nitrogens with zero attached hydrogens (tertiary/aromatic N) is 3. The largest absolute Gasteiger partial charge is 0.383 e. The molecular weight excluding hydrogens is 244 g/mol. The second-order valence-corrected chi connectivity index (χ2v) is 5.19. The molecule has 0 aliphatic rings. The highest BCUT2D eigenvalue weighted by Crippen LogP contribution is 2.28. The first-order chi connectivity index (χ1) is 8.70. The minimum Gasteiger partial charge on any atom is -0.383 e. The summed E-state index contributed by atoms with van der Waals surface area (Å²) in [6, 6.07) is 8.06. The molecule has 0 atom stereocenters. The maximum Gasteiger partial charge on any atom is 0.213 e. The van der Waals surface area contributed by atoms with Gasteiger partial charge in [0.05, 0.1) is 15.9 Å². The second kappa shape index (κ2) is 4.10. The first kappa shape index (κ1) is 11.2. The molecule has 0 radical (unpaired) electrons. The van der Waals surface area contributed by atoms with Crippen LogP contribution in [0.5, 0.6) is 0 Å². The lowest BCUT2D eigenvalue weighted by atomic mass is 10.2. The molecule has 0 spiro atoms. The van der Waals surface area contributed by atoms with Crippen molar-refractivity contribution >= 4 is 27.4 Å². The van der Waals surface area contributed by atoms with Crippen LogP contribution in [-0.2, 0) is 6.42 Å². The lowest BCUT2D eigenvalue weighted by Gasteiger charge is -1.98. The van der Waals surface area contributed by atoms with Gasteiger partial charge < -0.3 is 5.73 Å². The van der Waals surface area contributed by atoms with Crippen LogP contribution in [0.4, 0.5) is 5.82 Å². The van der Waals surface area contributed by atoms with E-state index in [-0.39, 0.29) is 0 Å². The van der Waals surface area contributed by atoms with Crippen molar-refractivity contribution < 1.29 is 0 Å². The van der Waals surface area contributed by atoms with Gasteiger partial charge in [0, 0.05) is 5.56 Å². The van der Waals surface area contributed by atoms with Crippen LogP contribution in [0.2, 0.25) is 0 Å². The van der Waals surface area contributed by atoms with E-state index in [1.165, 1.54) is 0 Å². The van der Waals surface area contributed by atoms with Crippen molar-refractivity contribution in [3.8, 4) is 5.13 Å². The Kier molecular flexibility index (Phi) is 2.56. The van der Waals surface area contributed by atoms with Gasteiger partial charge >= 0.3 is 0 Å². The summed E-state index contributed by atoms with van der Waals surface area (Å²) in [4.78, 5) is 4.57. The van der Waals surface area contributed by atoms with E-state index in [2.05, 4.69) is 23.1 Å². The predicted octanol–water partition coefficient (Wildman–Crippen LogP) is 2.94. The third-order valence-corrected chi connectivity index (χ3v) is 4.05. The van der Waals surface area contributed by atoms with Gasteiger partial charge in [-0.25, -0.2) is 4.98 Å². The van der Waals surface area contributed by atoms with E-state index in [0.717, 1.165) is 33.0 Å². The minimum absolute atomic E-state index is 0.703. The van der Waals surface area contributed by atoms with Crippen LogP contribution in [0.25, 0.3) is 15.3 Å². The summed E-state index contributed by atoms with van der Waals surface area (Å²) in [6.45, 7) is 4.07. The molecule has 4 nitrogen and oxygen atoms in total. The summed E-state index contributed by atoms with van der Waals surface area (Å²) in [5.74, 6) is 0.703. The molecule has 3 rings (SSSR count). The summed E-state index contributed by atoms with van der Waals surface area (Å²) in [5, 5.41) is 5.32. The molecule has 92 valence electrons. The van der Waals surface area contributed by atoms with Gasteiger partial charge in [0.2, 0.25) is 5.13 Å². The average molecular weight is 258 g/mol. The van der Waals surface area contributed by atoms with Crippen molar-refractivity contribution in [2.75, 3.05) is 5.73 Å². The summed E-state index contributed by atoms with van der Waals surface area (Å²) in [7, 11) is 0. The number of rotatable bonds is 2. The maximum atomic E-state index is 6.14. The Morgan fingerprint density at radius 2 is 2.11 bits per heavy atom. The molecule has 0 aliphatic heterocycles. The number of hydrogen-bond acceptors (Lipinski definition) is 4. The Bertz CT molecular complexity index is 678. The highest BCUT2D eigenvalue weighted by molar-refractivity contribution is 7.20. The lowest BCUT2D eigenvalue weighted by molar-refractivity contribution is 0.865. The maximum absolute atomic E-state index is 6.14. The van der Waals surface area contributed by atoms with Crippen LogP contribution < -0.4 is 5.73 Å². The molecule has 1 aromatic carbocycles. The first-order valence-electron chi connectivity index (χ1n) is 5.90. The van der Waals surface area contributed by atoms with Crippen LogP contribution >= 0.6 is 11.3 Å². The zero-order valence-corrected chi connectivity index (χ0v) is 11.2. The summed E-state index contributed by atoms with van der Waals surface area (Å²) in [6.07, 6.45) is 0.891. The SMILES string of the molecule is CCc1c(C)nn(-c2nc3ccccc3s2)c1N. The summed E-state index contributed by atoms with van der Waals surface area (Å²) >= 11 is 1.61. The van der Waals surface area contributed by atoms with E-state index in [1.54, 1.807) is 16.0 Å². The molecule has 0 unspecified atom stereocenters. The molecule has 0 amide bonds. The van der Waals surface area contributed by atoms with Crippen LogP contribution in [-0.4, -0.2) is 14.8 Å². The van der Waals surface area contributed by atoms with Gasteiger partial charge in [0.1, 0.15) is 5.82 Å². The van der Waals surface area contributed by atoms with E-state index >= 15 is 0 Å². The minimum atomic E-state index is 0.703. The Morgan fingerprint density at radius 1 is 1.33 bits per heavy atom. The second-order valence-electron chi connectivity index (χ2n) is 4.18. The topological polar surface area (TPSA) is 56.7 Å². The van der Waals surface area contributed by atoms with Crippen molar-refractivity contribution in [2.24, 2.45) is 0 Å². The summed E-state index contributed by atoms with van der Waals surface area (Å²) < 4.78 is 2.90. The Labute approximate surface area is 109 Å². The lowest BCUT2D eigenvalue weighted by Crippen LogP contribution is -2.02. The Morgan fingerprint density at radius 3 is 2.78 bits per heavy atom. The van der Waals surface area contributed by atoms with E-state index < -0.39 is 0 Å². The fraction of sp³-hybridized carbons (Fsp3) is 0.231. The number of aromatic nitrogens is 3. The normalized spacial score (nSPS) is 11.2. The molecule has 2 N–H and O–H groups in total. The van der Waals surface area contributed by atoms with E-state index in [0.29, 0.717) is 5.82 Å². The van der Waals surface area contributed by atoms with E-state index in [9.17, 15) is 0 Å². The third kappa shape index (κ3) is 1.59. The number of hydrogen-bond donors (Lipinski definition) is 1. The van der Waals surface area contributed by atoms with Gasteiger partial charge in [0.25, 0.3) is 0 Å². The number of thiazole rings is 1. The quantitative estimate of drug-likeness (QED) is 0.769. The molecule has 0 saturated carbocycles. The number of fused-ring (bicyclic) bond motifs is 1. The molecule has 0 aliphatic carbocycles. The van der Waals surface area contributed by atoms with Crippen molar-refractivity contribution in [2.45, 2.75) is 20.3 Å². The van der Waals surface area contributed by atoms with Gasteiger partial charge in [-0.1, -0.05) is 30.4 Å². The fourth-order valence-electron chi connectivity index (χ4n) is 2.11. The standard InChI is InChI=1S/C13H14N4S/c1-3-9-8(2)16-17(12(9)14)13-15-10-6-4-5-7-11(10)18-13/h4-7H,3,14H2,1-2H3. The molecule has 3 aromatic rings. The Balaban J connectivity index is 2.20. The van der Waals surface area contributed by atoms with Crippen LogP contribution in [0.3, 0.4) is 0 Å². The first-order valence-corrected chi connectivity index (χ1v) is 6.72. The zero-order valence-electron chi connectivity index (χ0n) is 10.3. The number of aryl methyl sites for hydroxylation is 1. The smallest absolute Gasteiger partial charge is 0.213 e. The summed E-state index contributed by atoms with van der Waals surface area (Å²) in [5.41, 5.74) is 9.21. The van der Waals surface area contributed by atoms with Crippen molar-refractivity contribution in [3.63, 3.8) is 0 Å². The molecule has 2 aromatic heterocycles. The van der Waals surface area contributed by atoms with Gasteiger partial charge in [-0.2, -0.15) is 9.78 Å². The highest BCUT2D eigenvalue weighted by Gasteiger charge is 2.14. The van der Waals surface area contributed by atoms with Gasteiger partial charge in [-0.05, 0) is 25.5 Å². The fourth-order valence-corrected chi connectivity index (χ4v) is 3.04. The van der Waals surface area contributed by atoms with Crippen molar-refractivity contribution in [1.29, 1.82) is 0 Å². The Hall–Kier alpha value is -1.88. The highest BCUT2D eigenvalue weighted by atomic mass is 32.1. The van der Waals surface area contributed by atoms with Crippen LogP contribution in [0.15, 0.2) is 24.3 Å². The van der Waals surface area contributed by atoms with E-state index in [1.807, 2.05) is 25.1 Å². The van der Waals surface area contributed by atoms with Crippen LogP contribution in [0, 0.1) is 6.92 Å². The molecule has 0 fully saturated rings. The average Bonchev–Trinajstić information content (AvgIpc) is 2.90. The molecular formula is C13H14N4S. The molecule has 5 heteroatoms. The van der Waals surface area contributed by atoms with E-state index in [4.69, 9.17) is 5.73 Å². The molecule has 18 heavy (non-hydrogen) atoms. The van der Waals surface area contributed by atoms with Crippen molar-refractivity contribution in [1.82, 2.24) is 14.8 Å². The molecule has 2 heterocycles. The van der Waals surface area contributed by atoms with Gasteiger partial charge in [-0.3, -0.25) is 0 Å². The predicted molar refractivity (Wildman–Crippen MR) is 75.3 cm³/mol. The monoisotopic (exact) mass is 258 g/mol. The number of para-hydroxylation sites is 1. The molecule has 0 bridgehead atoms. The van der Waals surface area contributed by atoms with Crippen LogP contribution in [0.1, 0.15) is 18.2 Å². The van der Waals surface area contributed by atoms with Gasteiger partial charge in [-0.15, -0.1) is 0 Å². The van der Waals surface area contributed by atoms with Gasteiger partial charge in [0.15, 0.2) is 0 Å². The number of nitrogens with two attached hydrogens (primary N) is 1. The zero-order chi connectivity index (χ0) is 12.7. The number of nitrogen functional groups attached to an aromatic ring is 1.